The SMILES string of the molecule is CCc1cc(F)c(CNc2ccc(C3=CC(C(F)(F)F)C(CC)CN3C)c(F)c2)c(F)c1. The lowest BCUT2D eigenvalue weighted by Crippen LogP contribution is -2.40. The van der Waals surface area contributed by atoms with Crippen LogP contribution in [0.15, 0.2) is 36.4 Å². The van der Waals surface area contributed by atoms with E-state index in [4.69, 9.17) is 0 Å². The molecule has 0 aromatic heterocycles. The van der Waals surface area contributed by atoms with Crippen molar-refractivity contribution in [2.24, 2.45) is 11.8 Å². The minimum atomic E-state index is -4.41. The Labute approximate surface area is 183 Å². The topological polar surface area (TPSA) is 15.3 Å². The molecule has 8 heteroatoms. The lowest BCUT2D eigenvalue weighted by molar-refractivity contribution is -0.176. The average Bonchev–Trinajstić information content (AvgIpc) is 2.72. The second-order valence-electron chi connectivity index (χ2n) is 8.11. The lowest BCUT2D eigenvalue weighted by atomic mass is 9.84. The number of hydrogen-bond acceptors (Lipinski definition) is 2. The molecule has 2 unspecified atom stereocenters. The molecule has 0 spiro atoms. The van der Waals surface area contributed by atoms with E-state index < -0.39 is 35.5 Å². The van der Waals surface area contributed by atoms with Crippen molar-refractivity contribution >= 4 is 11.4 Å². The standard InChI is InChI=1S/C24H26F6N2/c1-4-14-8-20(25)18(21(26)9-14)12-31-16-6-7-17(22(27)10-16)23-11-19(24(28,29)30)15(5-2)13-32(23)3/h6-11,15,19,31H,4-5,12-13H2,1-3H3. The average molecular weight is 456 g/mol. The zero-order valence-corrected chi connectivity index (χ0v) is 18.2. The van der Waals surface area contributed by atoms with Gasteiger partial charge in [-0.15, -0.1) is 0 Å². The monoisotopic (exact) mass is 456 g/mol. The van der Waals surface area contributed by atoms with E-state index in [1.165, 1.54) is 24.3 Å². The molecular weight excluding hydrogens is 430 g/mol. The Kier molecular flexibility index (Phi) is 7.10. The number of alkyl halides is 3. The van der Waals surface area contributed by atoms with Gasteiger partial charge in [0.2, 0.25) is 0 Å². The van der Waals surface area contributed by atoms with Crippen LogP contribution < -0.4 is 5.32 Å². The highest BCUT2D eigenvalue weighted by atomic mass is 19.4. The fourth-order valence-corrected chi connectivity index (χ4v) is 4.09. The first-order valence-corrected chi connectivity index (χ1v) is 10.5. The lowest BCUT2D eigenvalue weighted by Gasteiger charge is -2.38. The van der Waals surface area contributed by atoms with Gasteiger partial charge in [-0.1, -0.05) is 20.3 Å². The van der Waals surface area contributed by atoms with Crippen LogP contribution in [0.1, 0.15) is 37.0 Å². The van der Waals surface area contributed by atoms with Crippen molar-refractivity contribution in [1.29, 1.82) is 0 Å². The van der Waals surface area contributed by atoms with E-state index in [9.17, 15) is 26.3 Å². The molecule has 2 atom stereocenters. The summed E-state index contributed by atoms with van der Waals surface area (Å²) in [5, 5.41) is 2.78. The minimum absolute atomic E-state index is 0.0477. The molecule has 2 aromatic carbocycles. The molecule has 0 saturated carbocycles. The van der Waals surface area contributed by atoms with Gasteiger partial charge in [-0.25, -0.2) is 13.2 Å². The molecule has 1 aliphatic heterocycles. The Balaban J connectivity index is 1.83. The van der Waals surface area contributed by atoms with Gasteiger partial charge in [-0.2, -0.15) is 13.2 Å². The Morgan fingerprint density at radius 1 is 1.00 bits per heavy atom. The van der Waals surface area contributed by atoms with E-state index in [0.29, 0.717) is 18.4 Å². The highest BCUT2D eigenvalue weighted by Gasteiger charge is 2.45. The maximum absolute atomic E-state index is 14.9. The van der Waals surface area contributed by atoms with Gasteiger partial charge in [-0.3, -0.25) is 0 Å². The maximum atomic E-state index is 14.9. The molecule has 3 rings (SSSR count). The largest absolute Gasteiger partial charge is 0.395 e. The van der Waals surface area contributed by atoms with Crippen molar-refractivity contribution in [2.45, 2.75) is 39.4 Å². The van der Waals surface area contributed by atoms with E-state index in [0.717, 1.165) is 12.1 Å². The molecule has 0 fully saturated rings. The van der Waals surface area contributed by atoms with E-state index in [2.05, 4.69) is 5.32 Å². The zero-order chi connectivity index (χ0) is 23.6. The van der Waals surface area contributed by atoms with Crippen LogP contribution in [0.5, 0.6) is 0 Å². The summed E-state index contributed by atoms with van der Waals surface area (Å²) in [6.45, 7) is 3.46. The number of nitrogens with zero attached hydrogens (tertiary/aromatic N) is 1. The molecule has 32 heavy (non-hydrogen) atoms. The summed E-state index contributed by atoms with van der Waals surface area (Å²) in [5.74, 6) is -4.34. The van der Waals surface area contributed by atoms with Gasteiger partial charge in [0.05, 0.1) is 5.92 Å². The normalized spacial score (nSPS) is 19.2. The summed E-state index contributed by atoms with van der Waals surface area (Å²) in [5.41, 5.74) is 0.855. The summed E-state index contributed by atoms with van der Waals surface area (Å²) in [6.07, 6.45) is -2.47. The first-order chi connectivity index (χ1) is 15.0. The fourth-order valence-electron chi connectivity index (χ4n) is 4.09. The van der Waals surface area contributed by atoms with Gasteiger partial charge in [0.15, 0.2) is 0 Å². The zero-order valence-electron chi connectivity index (χ0n) is 18.2. The third-order valence-electron chi connectivity index (χ3n) is 5.99. The number of hydrogen-bond donors (Lipinski definition) is 1. The number of allylic oxidation sites excluding steroid dienone is 1. The third kappa shape index (κ3) is 5.05. The fraction of sp³-hybridized carbons (Fsp3) is 0.417. The first kappa shape index (κ1) is 24.0. The van der Waals surface area contributed by atoms with Gasteiger partial charge in [-0.05, 0) is 54.3 Å². The number of anilines is 1. The number of nitrogens with one attached hydrogen (secondary N) is 1. The van der Waals surface area contributed by atoms with Crippen molar-refractivity contribution in [3.05, 3.63) is 70.5 Å². The molecule has 2 nitrogen and oxygen atoms in total. The first-order valence-electron chi connectivity index (χ1n) is 10.5. The summed E-state index contributed by atoms with van der Waals surface area (Å²) >= 11 is 0. The molecular formula is C24H26F6N2. The van der Waals surface area contributed by atoms with Crippen LogP contribution in [0.25, 0.3) is 5.70 Å². The summed E-state index contributed by atoms with van der Waals surface area (Å²) < 4.78 is 83.7. The van der Waals surface area contributed by atoms with Crippen molar-refractivity contribution in [2.75, 3.05) is 18.9 Å². The van der Waals surface area contributed by atoms with Gasteiger partial charge < -0.3 is 10.2 Å². The quantitative estimate of drug-likeness (QED) is 0.483. The highest BCUT2D eigenvalue weighted by molar-refractivity contribution is 5.67. The molecule has 0 amide bonds. The van der Waals surface area contributed by atoms with Gasteiger partial charge in [0, 0.05) is 42.6 Å². The molecule has 0 bridgehead atoms. The molecule has 1 aliphatic rings. The van der Waals surface area contributed by atoms with Crippen molar-refractivity contribution in [3.8, 4) is 0 Å². The van der Waals surface area contributed by atoms with Crippen LogP contribution in [0.2, 0.25) is 0 Å². The number of halogens is 6. The van der Waals surface area contributed by atoms with Gasteiger partial charge in [0.25, 0.3) is 0 Å². The maximum Gasteiger partial charge on any atom is 0.395 e. The van der Waals surface area contributed by atoms with Crippen LogP contribution in [-0.4, -0.2) is 24.7 Å². The predicted molar refractivity (Wildman–Crippen MR) is 113 cm³/mol. The van der Waals surface area contributed by atoms with Crippen molar-refractivity contribution in [3.63, 3.8) is 0 Å². The highest BCUT2D eigenvalue weighted by Crippen LogP contribution is 2.41. The summed E-state index contributed by atoms with van der Waals surface area (Å²) in [7, 11) is 1.64. The molecule has 0 aliphatic carbocycles. The third-order valence-corrected chi connectivity index (χ3v) is 5.99. The summed E-state index contributed by atoms with van der Waals surface area (Å²) in [4.78, 5) is 1.63. The van der Waals surface area contributed by atoms with Gasteiger partial charge >= 0.3 is 6.18 Å². The second kappa shape index (κ2) is 9.46. The van der Waals surface area contributed by atoms with Gasteiger partial charge in [0.1, 0.15) is 17.5 Å². The van der Waals surface area contributed by atoms with Crippen LogP contribution in [0.4, 0.5) is 32.0 Å². The number of aryl methyl sites for hydroxylation is 1. The molecule has 174 valence electrons. The molecule has 1 heterocycles. The van der Waals surface area contributed by atoms with E-state index in [-0.39, 0.29) is 35.6 Å². The minimum Gasteiger partial charge on any atom is -0.381 e. The van der Waals surface area contributed by atoms with E-state index >= 15 is 0 Å². The second-order valence-corrected chi connectivity index (χ2v) is 8.11. The van der Waals surface area contributed by atoms with Crippen LogP contribution >= 0.6 is 0 Å². The Bertz CT molecular complexity index is 975. The Morgan fingerprint density at radius 3 is 2.19 bits per heavy atom. The Morgan fingerprint density at radius 2 is 1.66 bits per heavy atom. The van der Waals surface area contributed by atoms with Crippen LogP contribution in [-0.2, 0) is 13.0 Å². The van der Waals surface area contributed by atoms with Crippen LogP contribution in [0.3, 0.4) is 0 Å². The predicted octanol–water partition coefficient (Wildman–Crippen LogP) is 6.77. The smallest absolute Gasteiger partial charge is 0.381 e. The Hall–Kier alpha value is -2.64. The van der Waals surface area contributed by atoms with E-state index in [1.54, 1.807) is 25.8 Å². The van der Waals surface area contributed by atoms with Crippen LogP contribution in [0, 0.1) is 29.3 Å². The molecule has 2 aromatic rings. The number of benzene rings is 2. The molecule has 0 radical (unpaired) electrons. The van der Waals surface area contributed by atoms with Crippen molar-refractivity contribution in [1.82, 2.24) is 4.90 Å². The van der Waals surface area contributed by atoms with E-state index in [1.807, 2.05) is 0 Å². The molecule has 1 N–H and O–H groups in total. The number of rotatable bonds is 6. The molecule has 0 saturated heterocycles. The van der Waals surface area contributed by atoms with Crippen molar-refractivity contribution < 1.29 is 26.3 Å². The summed E-state index contributed by atoms with van der Waals surface area (Å²) in [6, 6.07) is 6.50.